The Labute approximate surface area is 164 Å². The highest BCUT2D eigenvalue weighted by Gasteiger charge is 2.16. The molecule has 0 spiro atoms. The molecule has 0 amide bonds. The van der Waals surface area contributed by atoms with Gasteiger partial charge in [-0.25, -0.2) is 18.6 Å². The van der Waals surface area contributed by atoms with Crippen molar-refractivity contribution in [2.45, 2.75) is 20.3 Å². The Bertz CT molecular complexity index is 1290. The molecule has 0 aliphatic heterocycles. The summed E-state index contributed by atoms with van der Waals surface area (Å²) in [6.07, 6.45) is 3.01. The van der Waals surface area contributed by atoms with Gasteiger partial charge in [0.05, 0.1) is 5.69 Å². The van der Waals surface area contributed by atoms with Gasteiger partial charge in [-0.2, -0.15) is 0 Å². The summed E-state index contributed by atoms with van der Waals surface area (Å²) in [5.41, 5.74) is 1.42. The van der Waals surface area contributed by atoms with Gasteiger partial charge < -0.3 is 9.15 Å². The Hall–Kier alpha value is -3.61. The molecule has 0 saturated heterocycles. The summed E-state index contributed by atoms with van der Waals surface area (Å²) in [6.45, 7) is 3.35. The lowest BCUT2D eigenvalue weighted by atomic mass is 9.99. The highest BCUT2D eigenvalue weighted by Crippen LogP contribution is 2.28. The standard InChI is InChI=1S/C22H16F2N2O3/c1-12-16-6-5-15(28-21-18(23)4-3-8-26-21)11-19(16)29-22(27)17(12)10-14-7-9-25-13(2)20(14)24/h3-9,11H,10H2,1-2H3. The van der Waals surface area contributed by atoms with E-state index < -0.39 is 17.3 Å². The van der Waals surface area contributed by atoms with E-state index in [-0.39, 0.29) is 29.3 Å². The Morgan fingerprint density at radius 3 is 2.69 bits per heavy atom. The first-order valence-electron chi connectivity index (χ1n) is 8.88. The van der Waals surface area contributed by atoms with Crippen molar-refractivity contribution in [1.82, 2.24) is 9.97 Å². The van der Waals surface area contributed by atoms with Crippen LogP contribution in [0.2, 0.25) is 0 Å². The number of hydrogen-bond acceptors (Lipinski definition) is 5. The number of hydrogen-bond donors (Lipinski definition) is 0. The van der Waals surface area contributed by atoms with Gasteiger partial charge in [-0.15, -0.1) is 0 Å². The largest absolute Gasteiger partial charge is 0.436 e. The van der Waals surface area contributed by atoms with Gasteiger partial charge >= 0.3 is 5.63 Å². The van der Waals surface area contributed by atoms with Crippen LogP contribution in [0.1, 0.15) is 22.4 Å². The zero-order valence-electron chi connectivity index (χ0n) is 15.7. The molecule has 4 aromatic rings. The Balaban J connectivity index is 1.73. The maximum absolute atomic E-state index is 14.3. The van der Waals surface area contributed by atoms with E-state index in [0.29, 0.717) is 22.1 Å². The molecular weight excluding hydrogens is 378 g/mol. The molecule has 1 aromatic carbocycles. The van der Waals surface area contributed by atoms with E-state index in [2.05, 4.69) is 9.97 Å². The molecule has 3 heterocycles. The summed E-state index contributed by atoms with van der Waals surface area (Å²) in [5, 5.41) is 0.680. The molecule has 0 aliphatic carbocycles. The molecule has 0 unspecified atom stereocenters. The fraction of sp³-hybridized carbons (Fsp3) is 0.136. The summed E-state index contributed by atoms with van der Waals surface area (Å²) in [5.74, 6) is -0.935. The molecule has 5 nitrogen and oxygen atoms in total. The molecule has 0 N–H and O–H groups in total. The first-order valence-corrected chi connectivity index (χ1v) is 8.88. The van der Waals surface area contributed by atoms with E-state index in [9.17, 15) is 13.6 Å². The van der Waals surface area contributed by atoms with Crippen LogP contribution in [0.25, 0.3) is 11.0 Å². The van der Waals surface area contributed by atoms with Crippen LogP contribution in [-0.2, 0) is 6.42 Å². The fourth-order valence-electron chi connectivity index (χ4n) is 3.13. The molecule has 0 radical (unpaired) electrons. The highest BCUT2D eigenvalue weighted by molar-refractivity contribution is 5.82. The second kappa shape index (κ2) is 7.43. The van der Waals surface area contributed by atoms with E-state index in [1.165, 1.54) is 30.6 Å². The van der Waals surface area contributed by atoms with Gasteiger partial charge in [-0.3, -0.25) is 4.98 Å². The summed E-state index contributed by atoms with van der Waals surface area (Å²) < 4.78 is 38.9. The lowest BCUT2D eigenvalue weighted by molar-refractivity contribution is 0.422. The van der Waals surface area contributed by atoms with Crippen LogP contribution < -0.4 is 10.4 Å². The predicted octanol–water partition coefficient (Wildman–Crippen LogP) is 4.86. The lowest BCUT2D eigenvalue weighted by Gasteiger charge is -2.11. The van der Waals surface area contributed by atoms with Crippen LogP contribution in [0, 0.1) is 25.5 Å². The number of ether oxygens (including phenoxy) is 1. The third-order valence-corrected chi connectivity index (χ3v) is 4.71. The monoisotopic (exact) mass is 394 g/mol. The van der Waals surface area contributed by atoms with E-state index in [1.54, 1.807) is 32.0 Å². The third kappa shape index (κ3) is 3.59. The summed E-state index contributed by atoms with van der Waals surface area (Å²) in [6, 6.07) is 9.08. The zero-order chi connectivity index (χ0) is 20.5. The average molecular weight is 394 g/mol. The van der Waals surface area contributed by atoms with Gasteiger partial charge in [0.2, 0.25) is 0 Å². The Morgan fingerprint density at radius 1 is 1.07 bits per heavy atom. The number of halogens is 2. The minimum absolute atomic E-state index is 0.0939. The smallest absolute Gasteiger partial charge is 0.340 e. The van der Waals surface area contributed by atoms with Gasteiger partial charge in [0.25, 0.3) is 5.88 Å². The van der Waals surface area contributed by atoms with Crippen molar-refractivity contribution in [3.63, 3.8) is 0 Å². The molecular formula is C22H16F2N2O3. The Kier molecular flexibility index (Phi) is 4.80. The molecule has 0 bridgehead atoms. The molecule has 7 heteroatoms. The second-order valence-electron chi connectivity index (χ2n) is 6.59. The zero-order valence-corrected chi connectivity index (χ0v) is 15.7. The predicted molar refractivity (Wildman–Crippen MR) is 103 cm³/mol. The number of fused-ring (bicyclic) bond motifs is 1. The number of aromatic nitrogens is 2. The topological polar surface area (TPSA) is 65.2 Å². The van der Waals surface area contributed by atoms with Gasteiger partial charge in [0.1, 0.15) is 17.1 Å². The fourth-order valence-corrected chi connectivity index (χ4v) is 3.13. The van der Waals surface area contributed by atoms with Gasteiger partial charge in [-0.05, 0) is 55.3 Å². The molecule has 0 aliphatic rings. The van der Waals surface area contributed by atoms with E-state index >= 15 is 0 Å². The van der Waals surface area contributed by atoms with Crippen LogP contribution in [0.3, 0.4) is 0 Å². The first-order chi connectivity index (χ1) is 13.9. The second-order valence-corrected chi connectivity index (χ2v) is 6.59. The van der Waals surface area contributed by atoms with Crippen LogP contribution in [-0.4, -0.2) is 9.97 Å². The first kappa shape index (κ1) is 18.7. The van der Waals surface area contributed by atoms with Crippen molar-refractivity contribution >= 4 is 11.0 Å². The molecule has 0 atom stereocenters. The SMILES string of the molecule is Cc1nccc(Cc2c(C)c3ccc(Oc4ncccc4F)cc3oc2=O)c1F. The van der Waals surface area contributed by atoms with Gasteiger partial charge in [0.15, 0.2) is 5.82 Å². The van der Waals surface area contributed by atoms with Gasteiger partial charge in [-0.1, -0.05) is 0 Å². The normalized spacial score (nSPS) is 11.0. The van der Waals surface area contributed by atoms with E-state index in [1.807, 2.05) is 0 Å². The lowest BCUT2D eigenvalue weighted by Crippen LogP contribution is -2.12. The summed E-state index contributed by atoms with van der Waals surface area (Å²) in [4.78, 5) is 20.3. The summed E-state index contributed by atoms with van der Waals surface area (Å²) in [7, 11) is 0. The van der Waals surface area contributed by atoms with Crippen molar-refractivity contribution in [2.75, 3.05) is 0 Å². The quantitative estimate of drug-likeness (QED) is 0.463. The molecule has 29 heavy (non-hydrogen) atoms. The van der Waals surface area contributed by atoms with Crippen molar-refractivity contribution < 1.29 is 17.9 Å². The number of rotatable bonds is 4. The van der Waals surface area contributed by atoms with E-state index in [4.69, 9.17) is 9.15 Å². The van der Waals surface area contributed by atoms with Crippen molar-refractivity contribution in [3.05, 3.63) is 93.2 Å². The van der Waals surface area contributed by atoms with Crippen molar-refractivity contribution in [1.29, 1.82) is 0 Å². The van der Waals surface area contributed by atoms with E-state index in [0.717, 1.165) is 0 Å². The maximum Gasteiger partial charge on any atom is 0.340 e. The molecule has 0 saturated carbocycles. The highest BCUT2D eigenvalue weighted by atomic mass is 19.1. The molecule has 4 rings (SSSR count). The maximum atomic E-state index is 14.3. The van der Waals surface area contributed by atoms with Crippen LogP contribution in [0.15, 0.2) is 58.0 Å². The molecule has 146 valence electrons. The average Bonchev–Trinajstić information content (AvgIpc) is 2.70. The number of benzene rings is 1. The number of aryl methyl sites for hydroxylation is 2. The minimum atomic E-state index is -0.602. The van der Waals surface area contributed by atoms with Crippen LogP contribution >= 0.6 is 0 Å². The van der Waals surface area contributed by atoms with Crippen molar-refractivity contribution in [3.8, 4) is 11.6 Å². The summed E-state index contributed by atoms with van der Waals surface area (Å²) >= 11 is 0. The molecule has 0 fully saturated rings. The number of pyridine rings is 2. The Morgan fingerprint density at radius 2 is 1.90 bits per heavy atom. The van der Waals surface area contributed by atoms with Crippen LogP contribution in [0.5, 0.6) is 11.6 Å². The van der Waals surface area contributed by atoms with Crippen LogP contribution in [0.4, 0.5) is 8.78 Å². The third-order valence-electron chi connectivity index (χ3n) is 4.71. The van der Waals surface area contributed by atoms with Crippen molar-refractivity contribution in [2.24, 2.45) is 0 Å². The minimum Gasteiger partial charge on any atom is -0.436 e. The molecule has 3 aromatic heterocycles. The number of nitrogens with zero attached hydrogens (tertiary/aromatic N) is 2. The van der Waals surface area contributed by atoms with Gasteiger partial charge in [0, 0.05) is 35.8 Å².